The van der Waals surface area contributed by atoms with Gasteiger partial charge in [0.25, 0.3) is 0 Å². The SMILES string of the molecule is CN(CC(=O)O)CC1CN(C(=O)C(C)(C)c2ccccc2F)CCO1. The lowest BCUT2D eigenvalue weighted by Gasteiger charge is -2.38. The second-order valence-electron chi connectivity index (χ2n) is 6.94. The second kappa shape index (κ2) is 7.93. The highest BCUT2D eigenvalue weighted by Gasteiger charge is 2.37. The molecule has 0 radical (unpaired) electrons. The number of likely N-dealkylation sites (N-methyl/N-ethyl adjacent to an activating group) is 1. The monoisotopic (exact) mass is 352 g/mol. The first-order chi connectivity index (χ1) is 11.7. The van der Waals surface area contributed by atoms with Gasteiger partial charge in [0.2, 0.25) is 5.91 Å². The molecule has 7 heteroatoms. The van der Waals surface area contributed by atoms with Crippen LogP contribution in [-0.4, -0.2) is 72.7 Å². The molecule has 0 aromatic heterocycles. The van der Waals surface area contributed by atoms with E-state index < -0.39 is 17.2 Å². The number of nitrogens with zero attached hydrogens (tertiary/aromatic N) is 2. The van der Waals surface area contributed by atoms with Crippen LogP contribution >= 0.6 is 0 Å². The molecular weight excluding hydrogens is 327 g/mol. The van der Waals surface area contributed by atoms with E-state index in [1.165, 1.54) is 6.07 Å². The van der Waals surface area contributed by atoms with Crippen LogP contribution in [0.2, 0.25) is 0 Å². The molecule has 1 aromatic carbocycles. The van der Waals surface area contributed by atoms with E-state index in [-0.39, 0.29) is 18.6 Å². The van der Waals surface area contributed by atoms with Crippen molar-refractivity contribution < 1.29 is 23.8 Å². The molecule has 0 saturated carbocycles. The third kappa shape index (κ3) is 4.76. The zero-order valence-electron chi connectivity index (χ0n) is 14.9. The van der Waals surface area contributed by atoms with Crippen molar-refractivity contribution in [1.29, 1.82) is 0 Å². The summed E-state index contributed by atoms with van der Waals surface area (Å²) in [7, 11) is 1.70. The van der Waals surface area contributed by atoms with Crippen molar-refractivity contribution in [2.24, 2.45) is 0 Å². The number of halogens is 1. The maximum atomic E-state index is 14.1. The fourth-order valence-electron chi connectivity index (χ4n) is 3.14. The number of hydrogen-bond acceptors (Lipinski definition) is 4. The number of morpholine rings is 1. The topological polar surface area (TPSA) is 70.1 Å². The summed E-state index contributed by atoms with van der Waals surface area (Å²) < 4.78 is 19.8. The van der Waals surface area contributed by atoms with E-state index in [4.69, 9.17) is 9.84 Å². The van der Waals surface area contributed by atoms with Gasteiger partial charge in [0.15, 0.2) is 0 Å². The Hall–Kier alpha value is -1.99. The van der Waals surface area contributed by atoms with Crippen molar-refractivity contribution in [3.05, 3.63) is 35.6 Å². The number of hydrogen-bond donors (Lipinski definition) is 1. The average Bonchev–Trinajstić information content (AvgIpc) is 2.53. The normalized spacial score (nSPS) is 18.4. The molecule has 1 N–H and O–H groups in total. The van der Waals surface area contributed by atoms with Crippen molar-refractivity contribution >= 4 is 11.9 Å². The van der Waals surface area contributed by atoms with Crippen LogP contribution in [0.5, 0.6) is 0 Å². The van der Waals surface area contributed by atoms with Crippen molar-refractivity contribution in [3.63, 3.8) is 0 Å². The fraction of sp³-hybridized carbons (Fsp3) is 0.556. The highest BCUT2D eigenvalue weighted by molar-refractivity contribution is 5.87. The number of carbonyl (C=O) groups excluding carboxylic acids is 1. The first-order valence-electron chi connectivity index (χ1n) is 8.28. The van der Waals surface area contributed by atoms with Gasteiger partial charge in [-0.2, -0.15) is 0 Å². The van der Waals surface area contributed by atoms with Crippen LogP contribution in [0.3, 0.4) is 0 Å². The molecular formula is C18H25FN2O4. The van der Waals surface area contributed by atoms with E-state index in [1.807, 2.05) is 0 Å². The van der Waals surface area contributed by atoms with Gasteiger partial charge >= 0.3 is 5.97 Å². The molecule has 25 heavy (non-hydrogen) atoms. The standard InChI is InChI=1S/C18H25FN2O4/c1-18(2,14-6-4-5-7-15(14)19)17(24)21-8-9-25-13(11-21)10-20(3)12-16(22)23/h4-7,13H,8-12H2,1-3H3,(H,22,23). The first kappa shape index (κ1) is 19.3. The van der Waals surface area contributed by atoms with E-state index >= 15 is 0 Å². The lowest BCUT2D eigenvalue weighted by molar-refractivity contribution is -0.146. The molecule has 1 aliphatic heterocycles. The van der Waals surface area contributed by atoms with E-state index in [1.54, 1.807) is 48.9 Å². The minimum absolute atomic E-state index is 0.0888. The van der Waals surface area contributed by atoms with E-state index in [0.717, 1.165) is 0 Å². The Morgan fingerprint density at radius 3 is 2.72 bits per heavy atom. The average molecular weight is 352 g/mol. The number of benzene rings is 1. The van der Waals surface area contributed by atoms with Gasteiger partial charge < -0.3 is 14.7 Å². The van der Waals surface area contributed by atoms with Gasteiger partial charge in [0.1, 0.15) is 5.82 Å². The maximum Gasteiger partial charge on any atom is 0.317 e. The summed E-state index contributed by atoms with van der Waals surface area (Å²) >= 11 is 0. The molecule has 0 bridgehead atoms. The van der Waals surface area contributed by atoms with Crippen LogP contribution in [0.1, 0.15) is 19.4 Å². The third-order valence-electron chi connectivity index (χ3n) is 4.43. The smallest absolute Gasteiger partial charge is 0.317 e. The summed E-state index contributed by atoms with van der Waals surface area (Å²) in [5, 5.41) is 8.83. The molecule has 1 saturated heterocycles. The molecule has 138 valence electrons. The summed E-state index contributed by atoms with van der Waals surface area (Å²) in [6, 6.07) is 6.30. The Morgan fingerprint density at radius 2 is 2.08 bits per heavy atom. The van der Waals surface area contributed by atoms with Crippen molar-refractivity contribution in [1.82, 2.24) is 9.80 Å². The van der Waals surface area contributed by atoms with E-state index in [0.29, 0.717) is 31.8 Å². The molecule has 1 aromatic rings. The zero-order valence-corrected chi connectivity index (χ0v) is 14.9. The summed E-state index contributed by atoms with van der Waals surface area (Å²) in [5.74, 6) is -1.47. The summed E-state index contributed by atoms with van der Waals surface area (Å²) in [6.07, 6.45) is -0.265. The first-order valence-corrected chi connectivity index (χ1v) is 8.28. The van der Waals surface area contributed by atoms with Crippen LogP contribution in [0, 0.1) is 5.82 Å². The van der Waals surface area contributed by atoms with Gasteiger partial charge in [0.05, 0.1) is 24.7 Å². The number of aliphatic carboxylic acids is 1. The van der Waals surface area contributed by atoms with Crippen LogP contribution in [-0.2, 0) is 19.7 Å². The van der Waals surface area contributed by atoms with Crippen LogP contribution in [0.15, 0.2) is 24.3 Å². The largest absolute Gasteiger partial charge is 0.480 e. The minimum atomic E-state index is -0.986. The molecule has 1 heterocycles. The van der Waals surface area contributed by atoms with Gasteiger partial charge in [-0.3, -0.25) is 14.5 Å². The van der Waals surface area contributed by atoms with E-state index in [2.05, 4.69) is 0 Å². The predicted molar refractivity (Wildman–Crippen MR) is 90.9 cm³/mol. The number of carbonyl (C=O) groups is 2. The summed E-state index contributed by atoms with van der Waals surface area (Å²) in [5.41, 5.74) is -0.619. The van der Waals surface area contributed by atoms with Gasteiger partial charge in [-0.25, -0.2) is 4.39 Å². The Labute approximate surface area is 147 Å². The Kier molecular flexibility index (Phi) is 6.13. The molecule has 1 aliphatic rings. The fourth-order valence-corrected chi connectivity index (χ4v) is 3.14. The Morgan fingerprint density at radius 1 is 1.40 bits per heavy atom. The van der Waals surface area contributed by atoms with Gasteiger partial charge in [0, 0.05) is 25.2 Å². The molecule has 1 unspecified atom stereocenters. The zero-order chi connectivity index (χ0) is 18.6. The lowest BCUT2D eigenvalue weighted by atomic mass is 9.82. The summed E-state index contributed by atoms with van der Waals surface area (Å²) in [6.45, 7) is 4.94. The van der Waals surface area contributed by atoms with Crippen LogP contribution < -0.4 is 0 Å². The highest BCUT2D eigenvalue weighted by Crippen LogP contribution is 2.28. The van der Waals surface area contributed by atoms with Gasteiger partial charge in [-0.05, 0) is 27.0 Å². The lowest BCUT2D eigenvalue weighted by Crippen LogP contribution is -2.53. The maximum absolute atomic E-state index is 14.1. The van der Waals surface area contributed by atoms with E-state index in [9.17, 15) is 14.0 Å². The summed E-state index contributed by atoms with van der Waals surface area (Å²) in [4.78, 5) is 27.1. The Balaban J connectivity index is 2.06. The number of amides is 1. The third-order valence-corrected chi connectivity index (χ3v) is 4.43. The van der Waals surface area contributed by atoms with Crippen molar-refractivity contribution in [2.75, 3.05) is 39.8 Å². The van der Waals surface area contributed by atoms with Gasteiger partial charge in [-0.15, -0.1) is 0 Å². The minimum Gasteiger partial charge on any atom is -0.480 e. The van der Waals surface area contributed by atoms with Crippen LogP contribution in [0.4, 0.5) is 4.39 Å². The Bertz CT molecular complexity index is 635. The molecule has 1 atom stereocenters. The quantitative estimate of drug-likeness (QED) is 0.837. The number of carboxylic acids is 1. The molecule has 2 rings (SSSR count). The molecule has 1 fully saturated rings. The number of carboxylic acid groups (broad SMARTS) is 1. The van der Waals surface area contributed by atoms with Crippen molar-refractivity contribution in [3.8, 4) is 0 Å². The number of rotatable bonds is 6. The van der Waals surface area contributed by atoms with Crippen LogP contribution in [0.25, 0.3) is 0 Å². The second-order valence-corrected chi connectivity index (χ2v) is 6.94. The predicted octanol–water partition coefficient (Wildman–Crippen LogP) is 1.35. The van der Waals surface area contributed by atoms with Gasteiger partial charge in [-0.1, -0.05) is 18.2 Å². The number of ether oxygens (including phenoxy) is 1. The molecule has 0 spiro atoms. The highest BCUT2D eigenvalue weighted by atomic mass is 19.1. The molecule has 6 nitrogen and oxygen atoms in total. The molecule has 1 amide bonds. The van der Waals surface area contributed by atoms with Crippen molar-refractivity contribution in [2.45, 2.75) is 25.4 Å². The molecule has 0 aliphatic carbocycles.